The van der Waals surface area contributed by atoms with E-state index in [1.54, 1.807) is 30.3 Å². The Morgan fingerprint density at radius 1 is 1.29 bits per heavy atom. The minimum atomic E-state index is -0.276. The highest BCUT2D eigenvalue weighted by Gasteiger charge is 2.13. The normalized spacial score (nSPS) is 12.0. The predicted molar refractivity (Wildman–Crippen MR) is 82.9 cm³/mol. The SMILES string of the molecule is CC(Cc1ccc(F)cc1)NC(=O)c1cc(N)ccc1Cl. The highest BCUT2D eigenvalue weighted by Crippen LogP contribution is 2.19. The van der Waals surface area contributed by atoms with Crippen LogP contribution in [0, 0.1) is 5.82 Å². The summed E-state index contributed by atoms with van der Waals surface area (Å²) in [7, 11) is 0. The summed E-state index contributed by atoms with van der Waals surface area (Å²) in [5.74, 6) is -0.552. The van der Waals surface area contributed by atoms with Gasteiger partial charge in [-0.15, -0.1) is 0 Å². The van der Waals surface area contributed by atoms with Crippen LogP contribution in [0.25, 0.3) is 0 Å². The average Bonchev–Trinajstić information content (AvgIpc) is 2.44. The van der Waals surface area contributed by atoms with Gasteiger partial charge in [-0.1, -0.05) is 23.7 Å². The standard InChI is InChI=1S/C16H16ClFN2O/c1-10(8-11-2-4-12(18)5-3-11)20-16(21)14-9-13(19)6-7-15(14)17/h2-7,9-10H,8,19H2,1H3,(H,20,21). The zero-order chi connectivity index (χ0) is 15.4. The number of carbonyl (C=O) groups excluding carboxylic acids is 1. The van der Waals surface area contributed by atoms with E-state index in [0.717, 1.165) is 5.56 Å². The highest BCUT2D eigenvalue weighted by atomic mass is 35.5. The van der Waals surface area contributed by atoms with Crippen LogP contribution in [0.15, 0.2) is 42.5 Å². The molecule has 1 amide bonds. The monoisotopic (exact) mass is 306 g/mol. The third-order valence-electron chi connectivity index (χ3n) is 3.07. The summed E-state index contributed by atoms with van der Waals surface area (Å²) < 4.78 is 12.8. The molecule has 0 bridgehead atoms. The number of hydrogen-bond donors (Lipinski definition) is 2. The summed E-state index contributed by atoms with van der Waals surface area (Å²) in [5.41, 5.74) is 7.44. The molecule has 0 saturated heterocycles. The van der Waals surface area contributed by atoms with Crippen molar-refractivity contribution in [2.75, 3.05) is 5.73 Å². The van der Waals surface area contributed by atoms with E-state index in [1.807, 2.05) is 6.92 Å². The van der Waals surface area contributed by atoms with Gasteiger partial charge >= 0.3 is 0 Å². The molecule has 110 valence electrons. The molecule has 0 spiro atoms. The van der Waals surface area contributed by atoms with Gasteiger partial charge in [0.1, 0.15) is 5.82 Å². The first kappa shape index (κ1) is 15.3. The second-order valence-electron chi connectivity index (χ2n) is 4.94. The number of nitrogen functional groups attached to an aromatic ring is 1. The minimum Gasteiger partial charge on any atom is -0.399 e. The van der Waals surface area contributed by atoms with Crippen LogP contribution >= 0.6 is 11.6 Å². The van der Waals surface area contributed by atoms with E-state index in [1.165, 1.54) is 12.1 Å². The van der Waals surface area contributed by atoms with Crippen LogP contribution in [0.2, 0.25) is 5.02 Å². The lowest BCUT2D eigenvalue weighted by molar-refractivity contribution is 0.0940. The Labute approximate surface area is 127 Å². The van der Waals surface area contributed by atoms with Gasteiger partial charge in [-0.3, -0.25) is 4.79 Å². The Kier molecular flexibility index (Phi) is 4.81. The number of hydrogen-bond acceptors (Lipinski definition) is 2. The zero-order valence-corrected chi connectivity index (χ0v) is 12.3. The summed E-state index contributed by atoms with van der Waals surface area (Å²) in [6.07, 6.45) is 0.603. The van der Waals surface area contributed by atoms with Gasteiger partial charge in [0.15, 0.2) is 0 Å². The molecule has 1 unspecified atom stereocenters. The molecule has 21 heavy (non-hydrogen) atoms. The molecule has 0 radical (unpaired) electrons. The van der Waals surface area contributed by atoms with E-state index < -0.39 is 0 Å². The van der Waals surface area contributed by atoms with Gasteiger partial charge in [-0.05, 0) is 49.2 Å². The third-order valence-corrected chi connectivity index (χ3v) is 3.40. The van der Waals surface area contributed by atoms with E-state index in [0.29, 0.717) is 22.7 Å². The molecule has 2 aromatic carbocycles. The van der Waals surface area contributed by atoms with Gasteiger partial charge in [-0.2, -0.15) is 0 Å². The van der Waals surface area contributed by atoms with E-state index in [9.17, 15) is 9.18 Å². The lowest BCUT2D eigenvalue weighted by atomic mass is 10.1. The van der Waals surface area contributed by atoms with Crippen LogP contribution in [-0.2, 0) is 6.42 Å². The highest BCUT2D eigenvalue weighted by molar-refractivity contribution is 6.34. The number of nitrogens with one attached hydrogen (secondary N) is 1. The van der Waals surface area contributed by atoms with Gasteiger partial charge in [-0.25, -0.2) is 4.39 Å². The van der Waals surface area contributed by atoms with Crippen LogP contribution in [-0.4, -0.2) is 11.9 Å². The minimum absolute atomic E-state index is 0.111. The maximum absolute atomic E-state index is 12.8. The van der Waals surface area contributed by atoms with Gasteiger partial charge < -0.3 is 11.1 Å². The first-order valence-corrected chi connectivity index (χ1v) is 6.94. The number of halogens is 2. The van der Waals surface area contributed by atoms with E-state index >= 15 is 0 Å². The van der Waals surface area contributed by atoms with Crippen LogP contribution in [0.4, 0.5) is 10.1 Å². The molecule has 2 aromatic rings. The van der Waals surface area contributed by atoms with Crippen molar-refractivity contribution in [3.8, 4) is 0 Å². The summed E-state index contributed by atoms with van der Waals surface area (Å²) >= 11 is 5.99. The fraction of sp³-hybridized carbons (Fsp3) is 0.188. The molecule has 1 atom stereocenters. The number of anilines is 1. The van der Waals surface area contributed by atoms with Crippen molar-refractivity contribution >= 4 is 23.2 Å². The topological polar surface area (TPSA) is 55.1 Å². The lowest BCUT2D eigenvalue weighted by Gasteiger charge is -2.15. The van der Waals surface area contributed by atoms with E-state index in [-0.39, 0.29) is 17.8 Å². The van der Waals surface area contributed by atoms with Crippen molar-refractivity contribution in [2.45, 2.75) is 19.4 Å². The van der Waals surface area contributed by atoms with Crippen LogP contribution in [0.1, 0.15) is 22.8 Å². The van der Waals surface area contributed by atoms with Crippen LogP contribution in [0.3, 0.4) is 0 Å². The van der Waals surface area contributed by atoms with E-state index in [4.69, 9.17) is 17.3 Å². The van der Waals surface area contributed by atoms with Crippen LogP contribution in [0.5, 0.6) is 0 Å². The molecule has 0 aliphatic carbocycles. The Morgan fingerprint density at radius 3 is 2.62 bits per heavy atom. The number of benzene rings is 2. The molecule has 0 saturated carbocycles. The molecule has 2 rings (SSSR count). The third kappa shape index (κ3) is 4.20. The average molecular weight is 307 g/mol. The summed E-state index contributed by atoms with van der Waals surface area (Å²) in [4.78, 5) is 12.2. The molecular formula is C16H16ClFN2O. The van der Waals surface area contributed by atoms with Crippen molar-refractivity contribution in [3.05, 3.63) is 64.4 Å². The fourth-order valence-electron chi connectivity index (χ4n) is 2.04. The molecular weight excluding hydrogens is 291 g/mol. The molecule has 0 aliphatic heterocycles. The van der Waals surface area contributed by atoms with Crippen molar-refractivity contribution in [3.63, 3.8) is 0 Å². The Bertz CT molecular complexity index is 643. The second kappa shape index (κ2) is 6.59. The van der Waals surface area contributed by atoms with Crippen molar-refractivity contribution in [2.24, 2.45) is 0 Å². The Hall–Kier alpha value is -2.07. The van der Waals surface area contributed by atoms with Gasteiger partial charge in [0.2, 0.25) is 0 Å². The smallest absolute Gasteiger partial charge is 0.253 e. The molecule has 0 aromatic heterocycles. The number of amides is 1. The molecule has 0 fully saturated rings. The van der Waals surface area contributed by atoms with Crippen molar-refractivity contribution < 1.29 is 9.18 Å². The largest absolute Gasteiger partial charge is 0.399 e. The molecule has 3 N–H and O–H groups in total. The number of nitrogens with two attached hydrogens (primary N) is 1. The maximum atomic E-state index is 12.8. The molecule has 0 aliphatic rings. The Morgan fingerprint density at radius 2 is 1.95 bits per heavy atom. The predicted octanol–water partition coefficient (Wildman–Crippen LogP) is 3.42. The number of rotatable bonds is 4. The fourth-order valence-corrected chi connectivity index (χ4v) is 2.25. The molecule has 0 heterocycles. The zero-order valence-electron chi connectivity index (χ0n) is 11.6. The Balaban J connectivity index is 2.01. The molecule has 3 nitrogen and oxygen atoms in total. The van der Waals surface area contributed by atoms with Crippen molar-refractivity contribution in [1.82, 2.24) is 5.32 Å². The molecule has 5 heteroatoms. The first-order valence-electron chi connectivity index (χ1n) is 6.56. The summed E-state index contributed by atoms with van der Waals surface area (Å²) in [6.45, 7) is 1.88. The van der Waals surface area contributed by atoms with Gasteiger partial charge in [0.25, 0.3) is 5.91 Å². The summed E-state index contributed by atoms with van der Waals surface area (Å²) in [5, 5.41) is 3.21. The summed E-state index contributed by atoms with van der Waals surface area (Å²) in [6, 6.07) is 10.9. The van der Waals surface area contributed by atoms with Crippen LogP contribution < -0.4 is 11.1 Å². The maximum Gasteiger partial charge on any atom is 0.253 e. The second-order valence-corrected chi connectivity index (χ2v) is 5.35. The van der Waals surface area contributed by atoms with Crippen molar-refractivity contribution in [1.29, 1.82) is 0 Å². The number of carbonyl (C=O) groups is 1. The van der Waals surface area contributed by atoms with E-state index in [2.05, 4.69) is 5.32 Å². The van der Waals surface area contributed by atoms with Gasteiger partial charge in [0.05, 0.1) is 10.6 Å². The quantitative estimate of drug-likeness (QED) is 0.850. The lowest BCUT2D eigenvalue weighted by Crippen LogP contribution is -2.34. The van der Waals surface area contributed by atoms with Gasteiger partial charge in [0, 0.05) is 11.7 Å². The first-order chi connectivity index (χ1) is 9.95.